The Hall–Kier alpha value is -3.21. The van der Waals surface area contributed by atoms with Gasteiger partial charge in [-0.1, -0.05) is 48.5 Å². The SMILES string of the molecule is Cc1nn(-c2ccccc2)c(C)c1C(=O)C(=O)NC(C)CCc1ccccc1. The fraction of sp³-hybridized carbons (Fsp3) is 0.261. The number of aryl methyl sites for hydroxylation is 2. The Morgan fingerprint density at radius 1 is 1.00 bits per heavy atom. The fourth-order valence-corrected chi connectivity index (χ4v) is 3.29. The Bertz CT molecular complexity index is 962. The molecule has 1 heterocycles. The first-order valence-corrected chi connectivity index (χ1v) is 9.48. The lowest BCUT2D eigenvalue weighted by molar-refractivity contribution is -0.117. The molecule has 144 valence electrons. The molecule has 0 fully saturated rings. The van der Waals surface area contributed by atoms with Crippen LogP contribution in [-0.4, -0.2) is 27.5 Å². The predicted molar refractivity (Wildman–Crippen MR) is 110 cm³/mol. The summed E-state index contributed by atoms with van der Waals surface area (Å²) < 4.78 is 1.70. The summed E-state index contributed by atoms with van der Waals surface area (Å²) in [5.74, 6) is -1.12. The minimum Gasteiger partial charge on any atom is -0.347 e. The number of hydrogen-bond donors (Lipinski definition) is 1. The first kappa shape index (κ1) is 19.5. The first-order valence-electron chi connectivity index (χ1n) is 9.48. The van der Waals surface area contributed by atoms with Gasteiger partial charge >= 0.3 is 0 Å². The van der Waals surface area contributed by atoms with E-state index in [-0.39, 0.29) is 6.04 Å². The van der Waals surface area contributed by atoms with E-state index in [9.17, 15) is 9.59 Å². The molecule has 0 saturated carbocycles. The van der Waals surface area contributed by atoms with Gasteiger partial charge in [-0.15, -0.1) is 0 Å². The number of ketones is 1. The number of nitrogens with zero attached hydrogens (tertiary/aromatic N) is 2. The molecule has 3 rings (SSSR count). The van der Waals surface area contributed by atoms with Crippen LogP contribution in [0.25, 0.3) is 5.69 Å². The number of para-hydroxylation sites is 1. The van der Waals surface area contributed by atoms with Crippen molar-refractivity contribution in [3.05, 3.63) is 83.2 Å². The zero-order chi connectivity index (χ0) is 20.1. The van der Waals surface area contributed by atoms with Crippen LogP contribution in [0.2, 0.25) is 0 Å². The van der Waals surface area contributed by atoms with Crippen molar-refractivity contribution in [2.45, 2.75) is 39.7 Å². The molecule has 5 nitrogen and oxygen atoms in total. The molecule has 2 aromatic carbocycles. The van der Waals surface area contributed by atoms with Gasteiger partial charge in [0.05, 0.1) is 22.6 Å². The molecule has 1 amide bonds. The van der Waals surface area contributed by atoms with Gasteiger partial charge in [0, 0.05) is 6.04 Å². The van der Waals surface area contributed by atoms with Gasteiger partial charge < -0.3 is 5.32 Å². The summed E-state index contributed by atoms with van der Waals surface area (Å²) in [4.78, 5) is 25.3. The number of aromatic nitrogens is 2. The number of hydrogen-bond acceptors (Lipinski definition) is 3. The van der Waals surface area contributed by atoms with Gasteiger partial charge in [-0.25, -0.2) is 4.68 Å². The monoisotopic (exact) mass is 375 g/mol. The maximum Gasteiger partial charge on any atom is 0.292 e. The van der Waals surface area contributed by atoms with Gasteiger partial charge in [-0.2, -0.15) is 5.10 Å². The maximum atomic E-state index is 12.8. The smallest absolute Gasteiger partial charge is 0.292 e. The predicted octanol–water partition coefficient (Wildman–Crippen LogP) is 3.81. The lowest BCUT2D eigenvalue weighted by Gasteiger charge is -2.13. The van der Waals surface area contributed by atoms with Crippen LogP contribution in [0.15, 0.2) is 60.7 Å². The molecule has 28 heavy (non-hydrogen) atoms. The van der Waals surface area contributed by atoms with Gasteiger partial charge in [0.25, 0.3) is 11.7 Å². The Labute approximate surface area is 165 Å². The highest BCUT2D eigenvalue weighted by Gasteiger charge is 2.25. The standard InChI is InChI=1S/C23H25N3O2/c1-16(14-15-19-10-6-4-7-11-19)24-23(28)22(27)21-17(2)25-26(18(21)3)20-12-8-5-9-13-20/h4-13,16H,14-15H2,1-3H3,(H,24,28). The molecule has 1 atom stereocenters. The van der Waals surface area contributed by atoms with Crippen molar-refractivity contribution >= 4 is 11.7 Å². The third-order valence-corrected chi connectivity index (χ3v) is 4.81. The maximum absolute atomic E-state index is 12.8. The van der Waals surface area contributed by atoms with Crippen molar-refractivity contribution in [1.82, 2.24) is 15.1 Å². The molecular formula is C23H25N3O2. The summed E-state index contributed by atoms with van der Waals surface area (Å²) >= 11 is 0. The molecule has 5 heteroatoms. The van der Waals surface area contributed by atoms with Crippen LogP contribution < -0.4 is 5.32 Å². The second-order valence-corrected chi connectivity index (χ2v) is 7.02. The zero-order valence-electron chi connectivity index (χ0n) is 16.5. The van der Waals surface area contributed by atoms with Gasteiger partial charge in [0.1, 0.15) is 0 Å². The number of rotatable bonds is 7. The number of carbonyl (C=O) groups is 2. The molecule has 0 spiro atoms. The van der Waals surface area contributed by atoms with E-state index in [1.807, 2.05) is 62.4 Å². The van der Waals surface area contributed by atoms with Gasteiger partial charge in [-0.05, 0) is 51.3 Å². The van der Waals surface area contributed by atoms with Crippen molar-refractivity contribution in [2.24, 2.45) is 0 Å². The van der Waals surface area contributed by atoms with E-state index >= 15 is 0 Å². The van der Waals surface area contributed by atoms with Crippen LogP contribution in [0.4, 0.5) is 0 Å². The summed E-state index contributed by atoms with van der Waals surface area (Å²) in [6.45, 7) is 5.49. The average molecular weight is 375 g/mol. The van der Waals surface area contributed by atoms with Crippen molar-refractivity contribution < 1.29 is 9.59 Å². The number of carbonyl (C=O) groups excluding carboxylic acids is 2. The van der Waals surface area contributed by atoms with Crippen LogP contribution in [0.3, 0.4) is 0 Å². The Kier molecular flexibility index (Phi) is 6.04. The van der Waals surface area contributed by atoms with Crippen LogP contribution in [0.1, 0.15) is 40.7 Å². The molecule has 0 aliphatic rings. The van der Waals surface area contributed by atoms with Crippen molar-refractivity contribution in [3.63, 3.8) is 0 Å². The lowest BCUT2D eigenvalue weighted by atomic mass is 10.0. The minimum atomic E-state index is -0.584. The summed E-state index contributed by atoms with van der Waals surface area (Å²) in [6.07, 6.45) is 1.62. The summed E-state index contributed by atoms with van der Waals surface area (Å²) in [5.41, 5.74) is 3.67. The molecule has 0 aliphatic heterocycles. The van der Waals surface area contributed by atoms with E-state index < -0.39 is 11.7 Å². The van der Waals surface area contributed by atoms with E-state index in [1.165, 1.54) is 5.56 Å². The highest BCUT2D eigenvalue weighted by Crippen LogP contribution is 2.18. The Morgan fingerprint density at radius 3 is 2.25 bits per heavy atom. The van der Waals surface area contributed by atoms with E-state index in [0.29, 0.717) is 17.0 Å². The molecule has 0 aliphatic carbocycles. The van der Waals surface area contributed by atoms with Crippen LogP contribution in [0.5, 0.6) is 0 Å². The molecule has 3 aromatic rings. The number of Topliss-reactive ketones (excluding diaryl/α,β-unsaturated/α-hetero) is 1. The molecule has 0 saturated heterocycles. The average Bonchev–Trinajstić information content (AvgIpc) is 3.01. The molecule has 1 unspecified atom stereocenters. The summed E-state index contributed by atoms with van der Waals surface area (Å²) in [6, 6.07) is 19.6. The van der Waals surface area contributed by atoms with E-state index in [1.54, 1.807) is 11.6 Å². The van der Waals surface area contributed by atoms with E-state index in [4.69, 9.17) is 0 Å². The van der Waals surface area contributed by atoms with Gasteiger partial charge in [-0.3, -0.25) is 9.59 Å². The number of amides is 1. The fourth-order valence-electron chi connectivity index (χ4n) is 3.29. The quantitative estimate of drug-likeness (QED) is 0.504. The van der Waals surface area contributed by atoms with Crippen molar-refractivity contribution in [1.29, 1.82) is 0 Å². The van der Waals surface area contributed by atoms with Gasteiger partial charge in [0.15, 0.2) is 0 Å². The number of nitrogens with one attached hydrogen (secondary N) is 1. The second kappa shape index (κ2) is 8.65. The van der Waals surface area contributed by atoms with Crippen molar-refractivity contribution in [3.8, 4) is 5.69 Å². The van der Waals surface area contributed by atoms with Crippen LogP contribution in [-0.2, 0) is 11.2 Å². The first-order chi connectivity index (χ1) is 13.5. The highest BCUT2D eigenvalue weighted by molar-refractivity contribution is 6.43. The third-order valence-electron chi connectivity index (χ3n) is 4.81. The zero-order valence-corrected chi connectivity index (χ0v) is 16.5. The molecule has 1 aromatic heterocycles. The number of benzene rings is 2. The van der Waals surface area contributed by atoms with E-state index in [0.717, 1.165) is 18.5 Å². The molecule has 0 radical (unpaired) electrons. The minimum absolute atomic E-state index is 0.0959. The van der Waals surface area contributed by atoms with Gasteiger partial charge in [0.2, 0.25) is 0 Å². The molecule has 1 N–H and O–H groups in total. The van der Waals surface area contributed by atoms with E-state index in [2.05, 4.69) is 22.5 Å². The Balaban J connectivity index is 1.68. The summed E-state index contributed by atoms with van der Waals surface area (Å²) in [7, 11) is 0. The second-order valence-electron chi connectivity index (χ2n) is 7.02. The van der Waals surface area contributed by atoms with Crippen molar-refractivity contribution in [2.75, 3.05) is 0 Å². The van der Waals surface area contributed by atoms with Crippen LogP contribution in [0, 0.1) is 13.8 Å². The Morgan fingerprint density at radius 2 is 1.61 bits per heavy atom. The third kappa shape index (κ3) is 4.36. The van der Waals surface area contributed by atoms with Crippen LogP contribution >= 0.6 is 0 Å². The molecule has 0 bridgehead atoms. The molecular weight excluding hydrogens is 350 g/mol. The summed E-state index contributed by atoms with van der Waals surface area (Å²) in [5, 5.41) is 7.28. The topological polar surface area (TPSA) is 64.0 Å². The normalized spacial score (nSPS) is 11.8. The lowest BCUT2D eigenvalue weighted by Crippen LogP contribution is -2.38. The largest absolute Gasteiger partial charge is 0.347 e. The highest BCUT2D eigenvalue weighted by atomic mass is 16.2.